The number of anilines is 2. The molecule has 1 aromatic rings. The van der Waals surface area contributed by atoms with E-state index in [9.17, 15) is 0 Å². The quantitative estimate of drug-likeness (QED) is 0.887. The molecule has 0 unspecified atom stereocenters. The number of aromatic nitrogens is 2. The van der Waals surface area contributed by atoms with Crippen LogP contribution in [0.15, 0.2) is 6.07 Å². The van der Waals surface area contributed by atoms with Gasteiger partial charge in [-0.15, -0.1) is 0 Å². The van der Waals surface area contributed by atoms with E-state index < -0.39 is 0 Å². The Morgan fingerprint density at radius 3 is 2.35 bits per heavy atom. The van der Waals surface area contributed by atoms with Crippen molar-refractivity contribution in [3.8, 4) is 0 Å². The van der Waals surface area contributed by atoms with Gasteiger partial charge in [0.2, 0.25) is 5.95 Å². The molecule has 0 aromatic carbocycles. The van der Waals surface area contributed by atoms with Gasteiger partial charge >= 0.3 is 0 Å². The minimum absolute atomic E-state index is 0.423. The lowest BCUT2D eigenvalue weighted by atomic mass is 9.51. The summed E-state index contributed by atoms with van der Waals surface area (Å²) in [6.45, 7) is 2.96. The standard InChI is InChI=1S/C16H24N4/c1-2-18-14-8-13(19-16(17)20-14)15-11-4-9-3-10(6-11)7-12(15)5-9/h8-12,15H,2-7H2,1H3,(H3,17,18,19,20). The molecule has 4 nitrogen and oxygen atoms in total. The molecule has 4 saturated carbocycles. The minimum atomic E-state index is 0.423. The highest BCUT2D eigenvalue weighted by Gasteiger charge is 2.49. The smallest absolute Gasteiger partial charge is 0.222 e. The lowest BCUT2D eigenvalue weighted by Crippen LogP contribution is -2.44. The summed E-state index contributed by atoms with van der Waals surface area (Å²) in [6, 6.07) is 2.15. The van der Waals surface area contributed by atoms with Crippen LogP contribution >= 0.6 is 0 Å². The highest BCUT2D eigenvalue weighted by atomic mass is 15.1. The molecule has 1 heterocycles. The highest BCUT2D eigenvalue weighted by molar-refractivity contribution is 5.42. The first-order chi connectivity index (χ1) is 9.72. The molecule has 0 radical (unpaired) electrons. The van der Waals surface area contributed by atoms with Crippen LogP contribution in [0.25, 0.3) is 0 Å². The number of nitrogens with one attached hydrogen (secondary N) is 1. The fourth-order valence-corrected chi connectivity index (χ4v) is 5.34. The Labute approximate surface area is 120 Å². The summed E-state index contributed by atoms with van der Waals surface area (Å²) in [4.78, 5) is 8.88. The van der Waals surface area contributed by atoms with Crippen LogP contribution in [0.2, 0.25) is 0 Å². The van der Waals surface area contributed by atoms with Crippen molar-refractivity contribution in [2.75, 3.05) is 17.6 Å². The number of hydrogen-bond donors (Lipinski definition) is 2. The van der Waals surface area contributed by atoms with Crippen LogP contribution in [0.3, 0.4) is 0 Å². The summed E-state index contributed by atoms with van der Waals surface area (Å²) >= 11 is 0. The van der Waals surface area contributed by atoms with Crippen molar-refractivity contribution in [3.63, 3.8) is 0 Å². The molecule has 3 N–H and O–H groups in total. The van der Waals surface area contributed by atoms with E-state index in [1.807, 2.05) is 0 Å². The van der Waals surface area contributed by atoms with Crippen LogP contribution in [0.1, 0.15) is 50.6 Å². The molecular formula is C16H24N4. The largest absolute Gasteiger partial charge is 0.370 e. The predicted molar refractivity (Wildman–Crippen MR) is 80.4 cm³/mol. The van der Waals surface area contributed by atoms with Crippen LogP contribution in [-0.2, 0) is 0 Å². The van der Waals surface area contributed by atoms with Crippen molar-refractivity contribution < 1.29 is 0 Å². The summed E-state index contributed by atoms with van der Waals surface area (Å²) in [5.41, 5.74) is 7.12. The van der Waals surface area contributed by atoms with Gasteiger partial charge in [-0.25, -0.2) is 4.98 Å². The second kappa shape index (κ2) is 4.61. The number of nitrogens with two attached hydrogens (primary N) is 1. The van der Waals surface area contributed by atoms with Gasteiger partial charge in [-0.2, -0.15) is 4.98 Å². The molecule has 108 valence electrons. The lowest BCUT2D eigenvalue weighted by molar-refractivity contribution is -0.00411. The van der Waals surface area contributed by atoms with E-state index in [2.05, 4.69) is 28.3 Å². The Bertz CT molecular complexity index is 485. The molecule has 0 amide bonds. The zero-order chi connectivity index (χ0) is 13.7. The maximum atomic E-state index is 5.92. The highest BCUT2D eigenvalue weighted by Crippen LogP contribution is 2.59. The first-order valence-electron chi connectivity index (χ1n) is 8.11. The molecule has 4 aliphatic carbocycles. The van der Waals surface area contributed by atoms with E-state index in [0.29, 0.717) is 11.9 Å². The maximum Gasteiger partial charge on any atom is 0.222 e. The van der Waals surface area contributed by atoms with Gasteiger partial charge in [0.1, 0.15) is 5.82 Å². The fourth-order valence-electron chi connectivity index (χ4n) is 5.34. The van der Waals surface area contributed by atoms with Crippen molar-refractivity contribution in [2.45, 2.75) is 44.9 Å². The average Bonchev–Trinajstić information content (AvgIpc) is 2.37. The van der Waals surface area contributed by atoms with Crippen LogP contribution in [0, 0.1) is 23.7 Å². The van der Waals surface area contributed by atoms with Crippen molar-refractivity contribution >= 4 is 11.8 Å². The molecule has 4 fully saturated rings. The minimum Gasteiger partial charge on any atom is -0.370 e. The van der Waals surface area contributed by atoms with Gasteiger partial charge in [-0.05, 0) is 62.7 Å². The van der Waals surface area contributed by atoms with Crippen molar-refractivity contribution in [1.82, 2.24) is 9.97 Å². The molecule has 0 aliphatic heterocycles. The molecule has 20 heavy (non-hydrogen) atoms. The Hall–Kier alpha value is -1.32. The molecule has 0 saturated heterocycles. The average molecular weight is 272 g/mol. The monoisotopic (exact) mass is 272 g/mol. The summed E-state index contributed by atoms with van der Waals surface area (Å²) in [5, 5.41) is 3.28. The first kappa shape index (κ1) is 12.4. The molecule has 0 atom stereocenters. The molecule has 0 spiro atoms. The third-order valence-electron chi connectivity index (χ3n) is 5.69. The van der Waals surface area contributed by atoms with E-state index in [0.717, 1.165) is 36.0 Å². The van der Waals surface area contributed by atoms with Gasteiger partial charge in [0.25, 0.3) is 0 Å². The van der Waals surface area contributed by atoms with E-state index in [1.165, 1.54) is 37.8 Å². The Kier molecular flexibility index (Phi) is 2.86. The second-order valence-corrected chi connectivity index (χ2v) is 7.02. The van der Waals surface area contributed by atoms with Gasteiger partial charge in [0.15, 0.2) is 0 Å². The Balaban J connectivity index is 1.67. The topological polar surface area (TPSA) is 63.8 Å². The second-order valence-electron chi connectivity index (χ2n) is 7.02. The van der Waals surface area contributed by atoms with Gasteiger partial charge < -0.3 is 11.1 Å². The molecule has 5 rings (SSSR count). The summed E-state index contributed by atoms with van der Waals surface area (Å²) < 4.78 is 0. The number of hydrogen-bond acceptors (Lipinski definition) is 4. The number of rotatable bonds is 3. The SMILES string of the molecule is CCNc1cc(C2C3CC4CC(C3)CC2C4)nc(N)n1. The van der Waals surface area contributed by atoms with Crippen molar-refractivity contribution in [3.05, 3.63) is 11.8 Å². The third kappa shape index (κ3) is 1.97. The number of nitrogens with zero attached hydrogens (tertiary/aromatic N) is 2. The first-order valence-corrected chi connectivity index (χ1v) is 8.11. The molecule has 1 aromatic heterocycles. The van der Waals surface area contributed by atoms with Crippen LogP contribution in [0.5, 0.6) is 0 Å². The van der Waals surface area contributed by atoms with Gasteiger partial charge in [0, 0.05) is 18.5 Å². The van der Waals surface area contributed by atoms with Crippen LogP contribution in [0.4, 0.5) is 11.8 Å². The van der Waals surface area contributed by atoms with Gasteiger partial charge in [0.05, 0.1) is 5.69 Å². The van der Waals surface area contributed by atoms with Crippen LogP contribution in [-0.4, -0.2) is 16.5 Å². The number of nitrogen functional groups attached to an aromatic ring is 1. The zero-order valence-electron chi connectivity index (χ0n) is 12.2. The van der Waals surface area contributed by atoms with Gasteiger partial charge in [-0.1, -0.05) is 0 Å². The summed E-state index contributed by atoms with van der Waals surface area (Å²) in [6.07, 6.45) is 7.15. The molecule has 4 bridgehead atoms. The predicted octanol–water partition coefficient (Wildman–Crippen LogP) is 3.03. The normalized spacial score (nSPS) is 38.1. The molecular weight excluding hydrogens is 248 g/mol. The van der Waals surface area contributed by atoms with Crippen molar-refractivity contribution in [1.29, 1.82) is 0 Å². The maximum absolute atomic E-state index is 5.92. The summed E-state index contributed by atoms with van der Waals surface area (Å²) in [5.74, 6) is 5.63. The zero-order valence-corrected chi connectivity index (χ0v) is 12.2. The lowest BCUT2D eigenvalue weighted by Gasteiger charge is -2.54. The Morgan fingerprint density at radius 1 is 1.10 bits per heavy atom. The van der Waals surface area contributed by atoms with E-state index in [4.69, 9.17) is 5.73 Å². The van der Waals surface area contributed by atoms with Crippen LogP contribution < -0.4 is 11.1 Å². The fraction of sp³-hybridized carbons (Fsp3) is 0.750. The third-order valence-corrected chi connectivity index (χ3v) is 5.69. The van der Waals surface area contributed by atoms with E-state index in [1.54, 1.807) is 0 Å². The van der Waals surface area contributed by atoms with E-state index >= 15 is 0 Å². The summed E-state index contributed by atoms with van der Waals surface area (Å²) in [7, 11) is 0. The molecule has 4 aliphatic rings. The Morgan fingerprint density at radius 2 is 1.75 bits per heavy atom. The van der Waals surface area contributed by atoms with Crippen molar-refractivity contribution in [2.24, 2.45) is 23.7 Å². The van der Waals surface area contributed by atoms with E-state index in [-0.39, 0.29) is 0 Å². The van der Waals surface area contributed by atoms with Gasteiger partial charge in [-0.3, -0.25) is 0 Å². The molecule has 4 heteroatoms.